The minimum atomic E-state index is -0.585. The first kappa shape index (κ1) is 15.2. The molecule has 4 atom stereocenters. The summed E-state index contributed by atoms with van der Waals surface area (Å²) in [5, 5.41) is 2.31. The fourth-order valence-corrected chi connectivity index (χ4v) is 6.23. The summed E-state index contributed by atoms with van der Waals surface area (Å²) in [5.74, 6) is -1.72. The van der Waals surface area contributed by atoms with E-state index in [-0.39, 0.29) is 11.9 Å². The first-order valence-corrected chi connectivity index (χ1v) is 9.37. The molecule has 0 unspecified atom stereocenters. The highest BCUT2D eigenvalue weighted by atomic mass is 16.6. The van der Waals surface area contributed by atoms with Crippen LogP contribution in [0, 0.1) is 11.8 Å². The maximum absolute atomic E-state index is 12.9. The molecule has 1 heterocycles. The average molecular weight is 354 g/mol. The third kappa shape index (κ3) is 1.45. The summed E-state index contributed by atoms with van der Waals surface area (Å²) < 4.78 is 5.22. The third-order valence-electron chi connectivity index (χ3n) is 7.34. The first-order valence-electron chi connectivity index (χ1n) is 9.37. The van der Waals surface area contributed by atoms with E-state index in [9.17, 15) is 9.59 Å². The molecule has 0 N–H and O–H groups in total. The van der Waals surface area contributed by atoms with Crippen molar-refractivity contribution in [1.82, 2.24) is 0 Å². The summed E-state index contributed by atoms with van der Waals surface area (Å²) in [6, 6.07) is 20.8. The maximum atomic E-state index is 12.9. The van der Waals surface area contributed by atoms with E-state index >= 15 is 0 Å². The van der Waals surface area contributed by atoms with Crippen LogP contribution in [0.2, 0.25) is 0 Å². The van der Waals surface area contributed by atoms with Gasteiger partial charge in [-0.25, -0.2) is 0 Å². The Morgan fingerprint density at radius 1 is 0.704 bits per heavy atom. The van der Waals surface area contributed by atoms with Crippen LogP contribution in [-0.4, -0.2) is 11.9 Å². The number of esters is 2. The summed E-state index contributed by atoms with van der Waals surface area (Å²) in [4.78, 5) is 25.7. The van der Waals surface area contributed by atoms with Gasteiger partial charge < -0.3 is 4.74 Å². The Bertz CT molecular complexity index is 1190. The predicted molar refractivity (Wildman–Crippen MR) is 101 cm³/mol. The van der Waals surface area contributed by atoms with Gasteiger partial charge in [0.25, 0.3) is 0 Å². The molecule has 4 aliphatic rings. The summed E-state index contributed by atoms with van der Waals surface area (Å²) in [7, 11) is 0. The van der Waals surface area contributed by atoms with Crippen molar-refractivity contribution in [2.24, 2.45) is 11.8 Å². The van der Waals surface area contributed by atoms with Gasteiger partial charge in [-0.1, -0.05) is 74.5 Å². The molecule has 0 spiro atoms. The largest absolute Gasteiger partial charge is 0.393 e. The zero-order chi connectivity index (χ0) is 18.6. The molecular formula is C24H18O3. The van der Waals surface area contributed by atoms with E-state index in [2.05, 4.69) is 50.2 Å². The summed E-state index contributed by atoms with van der Waals surface area (Å²) in [5.41, 5.74) is 3.46. The fraction of sp³-hybridized carbons (Fsp3) is 0.250. The van der Waals surface area contributed by atoms with E-state index < -0.39 is 22.7 Å². The molecule has 3 aromatic rings. The lowest BCUT2D eigenvalue weighted by molar-refractivity contribution is -0.154. The molecule has 1 saturated heterocycles. The fourth-order valence-electron chi connectivity index (χ4n) is 6.23. The van der Waals surface area contributed by atoms with Gasteiger partial charge in [-0.15, -0.1) is 0 Å². The third-order valence-corrected chi connectivity index (χ3v) is 7.34. The first-order chi connectivity index (χ1) is 13.0. The highest BCUT2D eigenvalue weighted by Gasteiger charge is 2.70. The average Bonchev–Trinajstić information content (AvgIpc) is 3.00. The number of carbonyl (C=O) groups excluding carboxylic acids is 2. The molecule has 1 aliphatic heterocycles. The monoisotopic (exact) mass is 354 g/mol. The van der Waals surface area contributed by atoms with E-state index in [4.69, 9.17) is 4.74 Å². The highest BCUT2D eigenvalue weighted by Crippen LogP contribution is 2.66. The summed E-state index contributed by atoms with van der Waals surface area (Å²) in [6.45, 7) is 4.23. The molecule has 0 aromatic heterocycles. The van der Waals surface area contributed by atoms with Crippen LogP contribution in [0.4, 0.5) is 0 Å². The van der Waals surface area contributed by atoms with Crippen molar-refractivity contribution in [3.8, 4) is 0 Å². The van der Waals surface area contributed by atoms with Gasteiger partial charge in [0.1, 0.15) is 0 Å². The molecule has 3 heteroatoms. The standard InChI is InChI=1S/C24H18O3/c1-23-15-9-5-6-10-16(15)24(2,20-19(23)21(25)27-22(20)26)18-14-8-4-3-7-13(14)11-12-17(18)23/h3-12,19-20H,1-2H3/t19-,20-,23+,24-/m1/s1. The SMILES string of the molecule is C[C@]12c3ccccc3[C@](C)(c3c1ccc1ccccc31)[C@H]1C(=O)OC(=O)[C@@H]12. The second kappa shape index (κ2) is 4.48. The Labute approximate surface area is 157 Å². The topological polar surface area (TPSA) is 43.4 Å². The van der Waals surface area contributed by atoms with Gasteiger partial charge in [-0.2, -0.15) is 0 Å². The Hall–Kier alpha value is -2.94. The molecule has 0 amide bonds. The quantitative estimate of drug-likeness (QED) is 0.451. The molecule has 3 aliphatic carbocycles. The Balaban J connectivity index is 1.86. The van der Waals surface area contributed by atoms with Gasteiger partial charge in [0, 0.05) is 10.8 Å². The number of ether oxygens (including phenoxy) is 1. The van der Waals surface area contributed by atoms with Crippen LogP contribution < -0.4 is 0 Å². The minimum absolute atomic E-state index is 0.382. The Morgan fingerprint density at radius 3 is 2.04 bits per heavy atom. The normalized spacial score (nSPS) is 32.8. The van der Waals surface area contributed by atoms with Gasteiger partial charge in [-0.3, -0.25) is 9.59 Å². The maximum Gasteiger partial charge on any atom is 0.318 e. The molecule has 3 nitrogen and oxygen atoms in total. The zero-order valence-electron chi connectivity index (χ0n) is 15.2. The Kier molecular flexibility index (Phi) is 2.51. The lowest BCUT2D eigenvalue weighted by Crippen LogP contribution is -2.59. The zero-order valence-corrected chi connectivity index (χ0v) is 15.2. The van der Waals surface area contributed by atoms with E-state index in [0.29, 0.717) is 0 Å². The van der Waals surface area contributed by atoms with Crippen LogP contribution in [0.3, 0.4) is 0 Å². The number of hydrogen-bond donors (Lipinski definition) is 0. The van der Waals surface area contributed by atoms with Gasteiger partial charge >= 0.3 is 11.9 Å². The van der Waals surface area contributed by atoms with Crippen LogP contribution in [0.5, 0.6) is 0 Å². The number of fused-ring (bicyclic) bond motifs is 1. The summed E-state index contributed by atoms with van der Waals surface area (Å²) in [6.07, 6.45) is 0. The second-order valence-electron chi connectivity index (χ2n) is 8.36. The molecule has 1 fully saturated rings. The van der Waals surface area contributed by atoms with E-state index in [1.165, 1.54) is 5.56 Å². The van der Waals surface area contributed by atoms with Crippen LogP contribution in [0.15, 0.2) is 60.7 Å². The van der Waals surface area contributed by atoms with Gasteiger partial charge in [0.2, 0.25) is 0 Å². The minimum Gasteiger partial charge on any atom is -0.393 e. The smallest absolute Gasteiger partial charge is 0.318 e. The van der Waals surface area contributed by atoms with Crippen molar-refractivity contribution in [3.05, 3.63) is 82.9 Å². The molecule has 2 bridgehead atoms. The Morgan fingerprint density at radius 2 is 1.30 bits per heavy atom. The second-order valence-corrected chi connectivity index (χ2v) is 8.36. The number of hydrogen-bond acceptors (Lipinski definition) is 3. The molecule has 132 valence electrons. The van der Waals surface area contributed by atoms with Gasteiger partial charge in [0.15, 0.2) is 0 Å². The number of benzene rings is 3. The lowest BCUT2D eigenvalue weighted by atomic mass is 9.42. The van der Waals surface area contributed by atoms with E-state index in [0.717, 1.165) is 27.5 Å². The predicted octanol–water partition coefficient (Wildman–Crippen LogP) is 4.09. The van der Waals surface area contributed by atoms with E-state index in [1.807, 2.05) is 24.3 Å². The highest BCUT2D eigenvalue weighted by molar-refractivity contribution is 6.03. The van der Waals surface area contributed by atoms with Crippen molar-refractivity contribution in [2.75, 3.05) is 0 Å². The van der Waals surface area contributed by atoms with Crippen molar-refractivity contribution >= 4 is 22.7 Å². The molecule has 3 aromatic carbocycles. The van der Waals surface area contributed by atoms with Crippen molar-refractivity contribution in [2.45, 2.75) is 24.7 Å². The lowest BCUT2D eigenvalue weighted by Gasteiger charge is -2.57. The van der Waals surface area contributed by atoms with Gasteiger partial charge in [0.05, 0.1) is 11.8 Å². The van der Waals surface area contributed by atoms with Gasteiger partial charge in [-0.05, 0) is 33.0 Å². The van der Waals surface area contributed by atoms with E-state index in [1.54, 1.807) is 0 Å². The van der Waals surface area contributed by atoms with Crippen molar-refractivity contribution < 1.29 is 14.3 Å². The molecule has 0 radical (unpaired) electrons. The molecule has 0 saturated carbocycles. The molecule has 27 heavy (non-hydrogen) atoms. The summed E-state index contributed by atoms with van der Waals surface area (Å²) >= 11 is 0. The molecule has 7 rings (SSSR count). The van der Waals surface area contributed by atoms with Crippen LogP contribution in [0.1, 0.15) is 36.1 Å². The number of carbonyl (C=O) groups is 2. The number of rotatable bonds is 0. The van der Waals surface area contributed by atoms with Crippen molar-refractivity contribution in [3.63, 3.8) is 0 Å². The van der Waals surface area contributed by atoms with Crippen LogP contribution >= 0.6 is 0 Å². The molecular weight excluding hydrogens is 336 g/mol. The van der Waals surface area contributed by atoms with Crippen LogP contribution in [0.25, 0.3) is 10.8 Å². The number of cyclic esters (lactones) is 2. The van der Waals surface area contributed by atoms with Crippen LogP contribution in [-0.2, 0) is 25.2 Å². The van der Waals surface area contributed by atoms with Crippen molar-refractivity contribution in [1.29, 1.82) is 0 Å².